The molecule has 3 N–H and O–H groups in total. The van der Waals surface area contributed by atoms with Crippen molar-refractivity contribution in [1.82, 2.24) is 4.98 Å². The number of anilines is 2. The first-order chi connectivity index (χ1) is 8.71. The van der Waals surface area contributed by atoms with Crippen LogP contribution in [0.25, 0.3) is 10.2 Å². The fraction of sp³-hybridized carbons (Fsp3) is 0.500. The number of thiazole rings is 1. The van der Waals surface area contributed by atoms with Gasteiger partial charge >= 0.3 is 0 Å². The van der Waals surface area contributed by atoms with Crippen molar-refractivity contribution in [1.29, 1.82) is 0 Å². The summed E-state index contributed by atoms with van der Waals surface area (Å²) in [7, 11) is 0. The number of hydrogen-bond acceptors (Lipinski definition) is 4. The first kappa shape index (κ1) is 11.8. The minimum Gasteiger partial charge on any atom is -0.399 e. The van der Waals surface area contributed by atoms with E-state index >= 15 is 0 Å². The number of nitrogens with one attached hydrogen (secondary N) is 1. The van der Waals surface area contributed by atoms with Crippen molar-refractivity contribution in [2.45, 2.75) is 32.6 Å². The summed E-state index contributed by atoms with van der Waals surface area (Å²) in [5, 5.41) is 4.53. The van der Waals surface area contributed by atoms with Gasteiger partial charge < -0.3 is 11.1 Å². The molecule has 0 bridgehead atoms. The van der Waals surface area contributed by atoms with E-state index < -0.39 is 0 Å². The molecule has 0 saturated heterocycles. The van der Waals surface area contributed by atoms with Crippen molar-refractivity contribution in [3.8, 4) is 0 Å². The molecule has 2 aromatic rings. The molecule has 0 aliphatic heterocycles. The summed E-state index contributed by atoms with van der Waals surface area (Å²) in [6.45, 7) is 3.33. The van der Waals surface area contributed by atoms with Crippen molar-refractivity contribution in [2.24, 2.45) is 5.41 Å². The molecule has 3 nitrogen and oxygen atoms in total. The van der Waals surface area contributed by atoms with Crippen LogP contribution in [0.2, 0.25) is 0 Å². The van der Waals surface area contributed by atoms with Crippen molar-refractivity contribution in [3.63, 3.8) is 0 Å². The molecule has 1 aromatic heterocycles. The van der Waals surface area contributed by atoms with Gasteiger partial charge in [-0.15, -0.1) is 0 Å². The normalized spacial score (nSPS) is 16.9. The van der Waals surface area contributed by atoms with Gasteiger partial charge in [-0.1, -0.05) is 24.7 Å². The molecule has 0 amide bonds. The molecular formula is C14H19N3S. The molecule has 0 unspecified atom stereocenters. The minimum absolute atomic E-state index is 0.561. The van der Waals surface area contributed by atoms with Crippen LogP contribution in [0, 0.1) is 5.41 Å². The second-order valence-electron chi connectivity index (χ2n) is 5.35. The Labute approximate surface area is 111 Å². The first-order valence-corrected chi connectivity index (χ1v) is 7.42. The number of aromatic nitrogens is 1. The molecular weight excluding hydrogens is 242 g/mol. The van der Waals surface area contributed by atoms with Gasteiger partial charge in [0.05, 0.1) is 10.2 Å². The molecule has 1 fully saturated rings. The van der Waals surface area contributed by atoms with E-state index in [0.29, 0.717) is 5.41 Å². The lowest BCUT2D eigenvalue weighted by Crippen LogP contribution is -2.14. The number of hydrogen-bond donors (Lipinski definition) is 2. The summed E-state index contributed by atoms with van der Waals surface area (Å²) in [4.78, 5) is 4.60. The second-order valence-corrected chi connectivity index (χ2v) is 6.38. The molecule has 1 aromatic carbocycles. The summed E-state index contributed by atoms with van der Waals surface area (Å²) < 4.78 is 1.16. The van der Waals surface area contributed by atoms with Crippen molar-refractivity contribution in [3.05, 3.63) is 18.2 Å². The van der Waals surface area contributed by atoms with Crippen molar-refractivity contribution < 1.29 is 0 Å². The van der Waals surface area contributed by atoms with Crippen LogP contribution in [0.4, 0.5) is 10.8 Å². The molecule has 1 heterocycles. The monoisotopic (exact) mass is 261 g/mol. The highest BCUT2D eigenvalue weighted by molar-refractivity contribution is 7.22. The van der Waals surface area contributed by atoms with Crippen LogP contribution in [0.5, 0.6) is 0 Å². The van der Waals surface area contributed by atoms with Crippen LogP contribution in [0.1, 0.15) is 32.6 Å². The van der Waals surface area contributed by atoms with Gasteiger partial charge in [-0.2, -0.15) is 0 Å². The van der Waals surface area contributed by atoms with Gasteiger partial charge in [0, 0.05) is 12.2 Å². The third-order valence-corrected chi connectivity index (χ3v) is 4.74. The maximum Gasteiger partial charge on any atom is 0.183 e. The van der Waals surface area contributed by atoms with Crippen molar-refractivity contribution in [2.75, 3.05) is 17.6 Å². The predicted octanol–water partition coefficient (Wildman–Crippen LogP) is 3.87. The highest BCUT2D eigenvalue weighted by atomic mass is 32.1. The minimum atomic E-state index is 0.561. The third-order valence-electron chi connectivity index (χ3n) is 3.76. The van der Waals surface area contributed by atoms with E-state index in [4.69, 9.17) is 5.73 Å². The molecule has 4 heteroatoms. The summed E-state index contributed by atoms with van der Waals surface area (Å²) in [6.07, 6.45) is 5.34. The van der Waals surface area contributed by atoms with E-state index in [1.165, 1.54) is 25.7 Å². The van der Waals surface area contributed by atoms with E-state index in [1.54, 1.807) is 11.3 Å². The molecule has 0 atom stereocenters. The van der Waals surface area contributed by atoms with E-state index in [-0.39, 0.29) is 0 Å². The second kappa shape index (κ2) is 4.43. The Bertz CT molecular complexity index is 557. The smallest absolute Gasteiger partial charge is 0.183 e. The number of rotatable bonds is 5. The molecule has 3 rings (SSSR count). The SMILES string of the molecule is CCCC1(CNc2nc3ccc(N)cc3s2)CC1. The Morgan fingerprint density at radius 3 is 3.00 bits per heavy atom. The zero-order valence-corrected chi connectivity index (χ0v) is 11.5. The number of nitrogens with zero attached hydrogens (tertiary/aromatic N) is 1. The summed E-state index contributed by atoms with van der Waals surface area (Å²) in [6, 6.07) is 5.90. The highest BCUT2D eigenvalue weighted by Crippen LogP contribution is 2.49. The quantitative estimate of drug-likeness (QED) is 0.803. The van der Waals surface area contributed by atoms with Crippen LogP contribution in [-0.4, -0.2) is 11.5 Å². The van der Waals surface area contributed by atoms with Crippen molar-refractivity contribution >= 4 is 32.4 Å². The predicted molar refractivity (Wildman–Crippen MR) is 79.1 cm³/mol. The van der Waals surface area contributed by atoms with E-state index in [0.717, 1.165) is 27.6 Å². The Hall–Kier alpha value is -1.29. The van der Waals surface area contributed by atoms with E-state index in [2.05, 4.69) is 17.2 Å². The molecule has 0 spiro atoms. The van der Waals surface area contributed by atoms with Gasteiger partial charge in [0.15, 0.2) is 5.13 Å². The molecule has 1 aliphatic carbocycles. The molecule has 1 aliphatic rings. The zero-order valence-electron chi connectivity index (χ0n) is 10.7. The molecule has 1 saturated carbocycles. The summed E-state index contributed by atoms with van der Waals surface area (Å²) in [5.74, 6) is 0. The van der Waals surface area contributed by atoms with Crippen LogP contribution in [-0.2, 0) is 0 Å². The van der Waals surface area contributed by atoms with Crippen LogP contribution in [0.3, 0.4) is 0 Å². The lowest BCUT2D eigenvalue weighted by molar-refractivity contribution is 0.485. The lowest BCUT2D eigenvalue weighted by Gasteiger charge is -2.13. The zero-order chi connectivity index (χ0) is 12.6. The van der Waals surface area contributed by atoms with Crippen LogP contribution >= 0.6 is 11.3 Å². The maximum absolute atomic E-state index is 5.78. The van der Waals surface area contributed by atoms with Gasteiger partial charge in [-0.05, 0) is 42.9 Å². The first-order valence-electron chi connectivity index (χ1n) is 6.61. The molecule has 96 valence electrons. The fourth-order valence-electron chi connectivity index (χ4n) is 2.50. The Balaban J connectivity index is 1.71. The topological polar surface area (TPSA) is 50.9 Å². The Morgan fingerprint density at radius 1 is 1.44 bits per heavy atom. The van der Waals surface area contributed by atoms with Gasteiger partial charge in [0.1, 0.15) is 0 Å². The van der Waals surface area contributed by atoms with Gasteiger partial charge in [-0.25, -0.2) is 4.98 Å². The highest BCUT2D eigenvalue weighted by Gasteiger charge is 2.41. The average molecular weight is 261 g/mol. The lowest BCUT2D eigenvalue weighted by atomic mass is 10.0. The Kier molecular flexibility index (Phi) is 2.90. The van der Waals surface area contributed by atoms with Crippen LogP contribution < -0.4 is 11.1 Å². The van der Waals surface area contributed by atoms with Gasteiger partial charge in [0.2, 0.25) is 0 Å². The molecule has 0 radical (unpaired) electrons. The van der Waals surface area contributed by atoms with E-state index in [9.17, 15) is 0 Å². The standard InChI is InChI=1S/C14H19N3S/c1-2-5-14(6-7-14)9-16-13-17-11-4-3-10(15)8-12(11)18-13/h3-4,8H,2,5-7,9,15H2,1H3,(H,16,17). The summed E-state index contributed by atoms with van der Waals surface area (Å²) in [5.41, 5.74) is 8.19. The largest absolute Gasteiger partial charge is 0.399 e. The number of nitrogens with two attached hydrogens (primary N) is 1. The number of fused-ring (bicyclic) bond motifs is 1. The van der Waals surface area contributed by atoms with Gasteiger partial charge in [0.25, 0.3) is 0 Å². The summed E-state index contributed by atoms with van der Waals surface area (Å²) >= 11 is 1.70. The maximum atomic E-state index is 5.78. The average Bonchev–Trinajstić information content (AvgIpc) is 2.99. The third kappa shape index (κ3) is 2.29. The van der Waals surface area contributed by atoms with Gasteiger partial charge in [-0.3, -0.25) is 0 Å². The Morgan fingerprint density at radius 2 is 2.28 bits per heavy atom. The van der Waals surface area contributed by atoms with Crippen LogP contribution in [0.15, 0.2) is 18.2 Å². The van der Waals surface area contributed by atoms with E-state index in [1.807, 2.05) is 18.2 Å². The number of benzene rings is 1. The molecule has 18 heavy (non-hydrogen) atoms. The number of nitrogen functional groups attached to an aromatic ring is 1. The fourth-order valence-corrected chi connectivity index (χ4v) is 3.41.